The van der Waals surface area contributed by atoms with E-state index in [2.05, 4.69) is 5.32 Å². The molecule has 27 heavy (non-hydrogen) atoms. The molecule has 2 N–H and O–H groups in total. The van der Waals surface area contributed by atoms with Crippen LogP contribution in [-0.2, 0) is 16.1 Å². The molecule has 2 saturated heterocycles. The van der Waals surface area contributed by atoms with E-state index in [1.165, 1.54) is 4.57 Å². The Kier molecular flexibility index (Phi) is 4.79. The van der Waals surface area contributed by atoms with E-state index in [0.29, 0.717) is 36.5 Å². The average Bonchev–Trinajstić information content (AvgIpc) is 3.22. The fourth-order valence-electron chi connectivity index (χ4n) is 4.19. The van der Waals surface area contributed by atoms with Gasteiger partial charge in [0.15, 0.2) is 5.58 Å². The van der Waals surface area contributed by atoms with Gasteiger partial charge in [0.1, 0.15) is 0 Å². The molecule has 146 valence electrons. The zero-order chi connectivity index (χ0) is 19.0. The molecule has 0 radical (unpaired) electrons. The first kappa shape index (κ1) is 18.2. The minimum atomic E-state index is -0.569. The van der Waals surface area contributed by atoms with Gasteiger partial charge in [-0.3, -0.25) is 14.3 Å². The number of carbonyl (C=O) groups is 1. The third-order valence-electron chi connectivity index (χ3n) is 5.66. The molecule has 2 fully saturated rings. The average molecular weight is 375 g/mol. The quantitative estimate of drug-likeness (QED) is 0.833. The van der Waals surface area contributed by atoms with Crippen LogP contribution in [0.1, 0.15) is 26.2 Å². The second-order valence-electron chi connectivity index (χ2n) is 7.36. The summed E-state index contributed by atoms with van der Waals surface area (Å²) in [5.41, 5.74) is 1.33. The van der Waals surface area contributed by atoms with Crippen LogP contribution in [0.4, 0.5) is 5.69 Å². The van der Waals surface area contributed by atoms with Gasteiger partial charge in [-0.2, -0.15) is 0 Å². The number of aromatic nitrogens is 1. The van der Waals surface area contributed by atoms with Crippen LogP contribution in [0, 0.1) is 0 Å². The number of fused-ring (bicyclic) bond motifs is 1. The summed E-state index contributed by atoms with van der Waals surface area (Å²) in [5, 5.41) is 13.3. The molecule has 2 aromatic rings. The van der Waals surface area contributed by atoms with Crippen LogP contribution in [0.15, 0.2) is 27.4 Å². The van der Waals surface area contributed by atoms with Gasteiger partial charge < -0.3 is 19.6 Å². The van der Waals surface area contributed by atoms with Crippen molar-refractivity contribution in [1.29, 1.82) is 0 Å². The van der Waals surface area contributed by atoms with Crippen LogP contribution >= 0.6 is 0 Å². The molecule has 4 rings (SSSR count). The Morgan fingerprint density at radius 2 is 2.26 bits per heavy atom. The number of hydrogen-bond acceptors (Lipinski definition) is 6. The van der Waals surface area contributed by atoms with Gasteiger partial charge in [0.25, 0.3) is 0 Å². The Balaban J connectivity index is 1.38. The molecule has 8 nitrogen and oxygen atoms in total. The van der Waals surface area contributed by atoms with E-state index in [-0.39, 0.29) is 12.5 Å². The van der Waals surface area contributed by atoms with Crippen molar-refractivity contribution in [3.63, 3.8) is 0 Å². The van der Waals surface area contributed by atoms with E-state index in [4.69, 9.17) is 9.15 Å². The third-order valence-corrected chi connectivity index (χ3v) is 5.66. The third kappa shape index (κ3) is 3.40. The van der Waals surface area contributed by atoms with E-state index in [9.17, 15) is 14.7 Å². The number of rotatable bonds is 4. The van der Waals surface area contributed by atoms with Crippen LogP contribution in [-0.4, -0.2) is 58.4 Å². The Hall–Kier alpha value is -2.16. The standard InChI is InChI=1S/C19H25N3O5/c1-2-22-14-5-4-13(10-15(14)27-18(22)25)20-17(24)12-21-8-7-19(16(23)11-21)6-3-9-26-19/h4-5,10,16,23H,2-3,6-9,11-12H2,1H3,(H,20,24)/t16-,19-/m0/s1. The number of β-amino-alcohol motifs (C(OH)–C–C–N with tert-alkyl or cyclic N) is 1. The van der Waals surface area contributed by atoms with E-state index in [0.717, 1.165) is 25.8 Å². The van der Waals surface area contributed by atoms with Crippen molar-refractivity contribution >= 4 is 22.7 Å². The summed E-state index contributed by atoms with van der Waals surface area (Å²) in [7, 11) is 0. The van der Waals surface area contributed by atoms with Crippen molar-refractivity contribution < 1.29 is 19.1 Å². The first-order valence-corrected chi connectivity index (χ1v) is 9.48. The number of aliphatic hydroxyl groups excluding tert-OH is 1. The summed E-state index contributed by atoms with van der Waals surface area (Å²) < 4.78 is 12.6. The number of aliphatic hydroxyl groups is 1. The summed E-state index contributed by atoms with van der Waals surface area (Å²) >= 11 is 0. The highest BCUT2D eigenvalue weighted by molar-refractivity contribution is 5.94. The number of nitrogens with one attached hydrogen (secondary N) is 1. The van der Waals surface area contributed by atoms with Gasteiger partial charge in [-0.05, 0) is 38.3 Å². The topological polar surface area (TPSA) is 96.9 Å². The maximum atomic E-state index is 12.4. The normalized spacial score (nSPS) is 26.1. The van der Waals surface area contributed by atoms with Crippen LogP contribution < -0.4 is 11.1 Å². The van der Waals surface area contributed by atoms with Crippen molar-refractivity contribution in [1.82, 2.24) is 9.47 Å². The number of nitrogens with zero attached hydrogens (tertiary/aromatic N) is 2. The summed E-state index contributed by atoms with van der Waals surface area (Å²) in [6.45, 7) is 4.46. The minimum Gasteiger partial charge on any atom is -0.408 e. The Morgan fingerprint density at radius 3 is 2.96 bits per heavy atom. The lowest BCUT2D eigenvalue weighted by molar-refractivity contribution is -0.135. The molecule has 8 heteroatoms. The molecule has 2 aliphatic rings. The SMILES string of the molecule is CCn1c(=O)oc2cc(NC(=O)CN3CC[C@@]4(CCCO4)[C@@H](O)C3)ccc21. The first-order valence-electron chi connectivity index (χ1n) is 9.48. The highest BCUT2D eigenvalue weighted by Gasteiger charge is 2.45. The van der Waals surface area contributed by atoms with E-state index in [1.807, 2.05) is 11.8 Å². The van der Waals surface area contributed by atoms with Crippen molar-refractivity contribution in [3.05, 3.63) is 28.7 Å². The molecule has 2 aliphatic heterocycles. The number of anilines is 1. The number of carbonyl (C=O) groups excluding carboxylic acids is 1. The largest absolute Gasteiger partial charge is 0.419 e. The molecule has 0 aliphatic carbocycles. The predicted molar refractivity (Wildman–Crippen MR) is 99.8 cm³/mol. The molecule has 0 bridgehead atoms. The summed E-state index contributed by atoms with van der Waals surface area (Å²) in [6.07, 6.45) is 2.04. The van der Waals surface area contributed by atoms with Crippen molar-refractivity contribution in [3.8, 4) is 0 Å². The Bertz CT molecular complexity index is 896. The summed E-state index contributed by atoms with van der Waals surface area (Å²) in [5.74, 6) is -0.566. The van der Waals surface area contributed by atoms with Gasteiger partial charge in [0.2, 0.25) is 5.91 Å². The Labute approximate surface area is 156 Å². The molecule has 1 spiro atoms. The number of hydrogen-bond donors (Lipinski definition) is 2. The zero-order valence-electron chi connectivity index (χ0n) is 15.4. The minimum absolute atomic E-state index is 0.165. The molecule has 0 unspecified atom stereocenters. The van der Waals surface area contributed by atoms with Crippen molar-refractivity contribution in [2.24, 2.45) is 0 Å². The van der Waals surface area contributed by atoms with E-state index in [1.54, 1.807) is 18.2 Å². The number of likely N-dealkylation sites (tertiary alicyclic amines) is 1. The highest BCUT2D eigenvalue weighted by atomic mass is 16.5. The van der Waals surface area contributed by atoms with Crippen LogP contribution in [0.2, 0.25) is 0 Å². The molecule has 1 aromatic carbocycles. The fourth-order valence-corrected chi connectivity index (χ4v) is 4.19. The lowest BCUT2D eigenvalue weighted by Crippen LogP contribution is -2.56. The maximum absolute atomic E-state index is 12.4. The molecular formula is C19H25N3O5. The van der Waals surface area contributed by atoms with Gasteiger partial charge in [-0.25, -0.2) is 4.79 Å². The van der Waals surface area contributed by atoms with E-state index >= 15 is 0 Å². The number of amides is 1. The summed E-state index contributed by atoms with van der Waals surface area (Å²) in [6, 6.07) is 5.19. The van der Waals surface area contributed by atoms with Gasteiger partial charge >= 0.3 is 5.76 Å². The fraction of sp³-hybridized carbons (Fsp3) is 0.579. The number of ether oxygens (including phenoxy) is 1. The lowest BCUT2D eigenvalue weighted by Gasteiger charge is -2.42. The molecule has 1 aromatic heterocycles. The maximum Gasteiger partial charge on any atom is 0.419 e. The van der Waals surface area contributed by atoms with Gasteiger partial charge in [-0.15, -0.1) is 0 Å². The Morgan fingerprint density at radius 1 is 1.41 bits per heavy atom. The monoisotopic (exact) mass is 375 g/mol. The highest BCUT2D eigenvalue weighted by Crippen LogP contribution is 2.35. The van der Waals surface area contributed by atoms with Gasteiger partial charge in [0, 0.05) is 38.0 Å². The predicted octanol–water partition coefficient (Wildman–Crippen LogP) is 1.17. The van der Waals surface area contributed by atoms with Crippen molar-refractivity contribution in [2.75, 3.05) is 31.6 Å². The molecular weight excluding hydrogens is 350 g/mol. The summed E-state index contributed by atoms with van der Waals surface area (Å²) in [4.78, 5) is 26.1. The van der Waals surface area contributed by atoms with Crippen LogP contribution in [0.5, 0.6) is 0 Å². The molecule has 0 saturated carbocycles. The number of oxazole rings is 1. The number of benzene rings is 1. The molecule has 2 atom stereocenters. The second kappa shape index (κ2) is 7.10. The van der Waals surface area contributed by atoms with Gasteiger partial charge in [0.05, 0.1) is 23.8 Å². The van der Waals surface area contributed by atoms with E-state index < -0.39 is 17.5 Å². The first-order chi connectivity index (χ1) is 13.0. The van der Waals surface area contributed by atoms with Crippen LogP contribution in [0.25, 0.3) is 11.1 Å². The lowest BCUT2D eigenvalue weighted by atomic mass is 9.86. The second-order valence-corrected chi connectivity index (χ2v) is 7.36. The molecule has 1 amide bonds. The molecule has 3 heterocycles. The smallest absolute Gasteiger partial charge is 0.408 e. The zero-order valence-corrected chi connectivity index (χ0v) is 15.4. The van der Waals surface area contributed by atoms with Gasteiger partial charge in [-0.1, -0.05) is 0 Å². The number of piperidine rings is 1. The number of aryl methyl sites for hydroxylation is 1. The van der Waals surface area contributed by atoms with Crippen molar-refractivity contribution in [2.45, 2.75) is 44.4 Å². The van der Waals surface area contributed by atoms with Crippen LogP contribution in [0.3, 0.4) is 0 Å².